The number of aryl methyl sites for hydroxylation is 1. The first-order chi connectivity index (χ1) is 6.55. The van der Waals surface area contributed by atoms with Crippen molar-refractivity contribution in [2.45, 2.75) is 39.9 Å². The normalized spacial score (nSPS) is 25.5. The van der Waals surface area contributed by atoms with Crippen molar-refractivity contribution in [3.63, 3.8) is 0 Å². The van der Waals surface area contributed by atoms with Crippen molar-refractivity contribution in [2.75, 3.05) is 0 Å². The molecular weight excluding hydrogens is 174 g/mol. The van der Waals surface area contributed by atoms with E-state index >= 15 is 0 Å². The summed E-state index contributed by atoms with van der Waals surface area (Å²) in [5, 5.41) is 0. The van der Waals surface area contributed by atoms with E-state index in [0.717, 1.165) is 5.69 Å². The minimum atomic E-state index is -0.145. The molecule has 1 atom stereocenters. The highest BCUT2D eigenvalue weighted by Gasteiger charge is 2.40. The number of pyridine rings is 1. The molecule has 0 bridgehead atoms. The summed E-state index contributed by atoms with van der Waals surface area (Å²) in [4.78, 5) is 4.37. The average Bonchev–Trinajstić information content (AvgIpc) is 2.47. The fourth-order valence-electron chi connectivity index (χ4n) is 2.15. The van der Waals surface area contributed by atoms with Crippen molar-refractivity contribution < 1.29 is 4.74 Å². The summed E-state index contributed by atoms with van der Waals surface area (Å²) >= 11 is 0. The molecule has 1 aliphatic rings. The standard InChI is InChI=1S/C12H17NO/c1-8(2)12(4)11-9(3)5-6-13-10(11)7-14-12/h5-6,8H,7H2,1-4H3. The van der Waals surface area contributed by atoms with Gasteiger partial charge in [0, 0.05) is 11.8 Å². The maximum absolute atomic E-state index is 5.89. The minimum absolute atomic E-state index is 0.145. The van der Waals surface area contributed by atoms with Gasteiger partial charge in [0.2, 0.25) is 0 Å². The molecule has 0 aliphatic carbocycles. The second-order valence-corrected chi connectivity index (χ2v) is 4.50. The van der Waals surface area contributed by atoms with Crippen LogP contribution >= 0.6 is 0 Å². The number of aromatic nitrogens is 1. The molecule has 2 heteroatoms. The third kappa shape index (κ3) is 1.17. The molecule has 76 valence electrons. The Bertz CT molecular complexity index is 359. The second-order valence-electron chi connectivity index (χ2n) is 4.50. The number of fused-ring (bicyclic) bond motifs is 1. The Morgan fingerprint density at radius 1 is 1.50 bits per heavy atom. The van der Waals surface area contributed by atoms with Gasteiger partial charge in [0.1, 0.15) is 0 Å². The largest absolute Gasteiger partial charge is 0.364 e. The lowest BCUT2D eigenvalue weighted by molar-refractivity contribution is -0.0582. The molecule has 2 rings (SSSR count). The Hall–Kier alpha value is -0.890. The zero-order valence-electron chi connectivity index (χ0n) is 9.29. The fourth-order valence-corrected chi connectivity index (χ4v) is 2.15. The summed E-state index contributed by atoms with van der Waals surface area (Å²) in [6.07, 6.45) is 1.86. The van der Waals surface area contributed by atoms with E-state index in [1.54, 1.807) is 0 Å². The van der Waals surface area contributed by atoms with Gasteiger partial charge in [0.15, 0.2) is 0 Å². The number of rotatable bonds is 1. The van der Waals surface area contributed by atoms with Gasteiger partial charge < -0.3 is 4.74 Å². The molecule has 0 fully saturated rings. The highest BCUT2D eigenvalue weighted by molar-refractivity contribution is 5.37. The van der Waals surface area contributed by atoms with Crippen molar-refractivity contribution in [3.05, 3.63) is 29.1 Å². The summed E-state index contributed by atoms with van der Waals surface area (Å²) in [6, 6.07) is 2.06. The van der Waals surface area contributed by atoms with Crippen molar-refractivity contribution in [1.29, 1.82) is 0 Å². The smallest absolute Gasteiger partial charge is 0.0952 e. The number of hydrogen-bond acceptors (Lipinski definition) is 2. The monoisotopic (exact) mass is 191 g/mol. The van der Waals surface area contributed by atoms with E-state index < -0.39 is 0 Å². The maximum Gasteiger partial charge on any atom is 0.0952 e. The SMILES string of the molecule is Cc1ccnc2c1C(C)(C(C)C)OC2. The molecule has 0 saturated carbocycles. The zero-order valence-corrected chi connectivity index (χ0v) is 9.29. The molecule has 1 aromatic rings. The average molecular weight is 191 g/mol. The van der Waals surface area contributed by atoms with E-state index in [2.05, 4.69) is 38.7 Å². The third-order valence-electron chi connectivity index (χ3n) is 3.34. The van der Waals surface area contributed by atoms with Crippen LogP contribution in [-0.2, 0) is 16.9 Å². The molecule has 1 aliphatic heterocycles. The van der Waals surface area contributed by atoms with Crippen LogP contribution in [-0.4, -0.2) is 4.98 Å². The summed E-state index contributed by atoms with van der Waals surface area (Å²) in [5.74, 6) is 0.478. The molecule has 0 N–H and O–H groups in total. The van der Waals surface area contributed by atoms with Crippen molar-refractivity contribution in [3.8, 4) is 0 Å². The van der Waals surface area contributed by atoms with Crippen molar-refractivity contribution in [2.24, 2.45) is 5.92 Å². The molecule has 0 spiro atoms. The van der Waals surface area contributed by atoms with E-state index in [1.807, 2.05) is 6.20 Å². The Morgan fingerprint density at radius 3 is 2.86 bits per heavy atom. The summed E-state index contributed by atoms with van der Waals surface area (Å²) < 4.78 is 5.89. The number of nitrogens with zero attached hydrogens (tertiary/aromatic N) is 1. The van der Waals surface area contributed by atoms with Gasteiger partial charge in [-0.3, -0.25) is 4.98 Å². The molecule has 0 amide bonds. The van der Waals surface area contributed by atoms with Crippen molar-refractivity contribution in [1.82, 2.24) is 4.98 Å². The molecule has 1 unspecified atom stereocenters. The lowest BCUT2D eigenvalue weighted by atomic mass is 9.83. The quantitative estimate of drug-likeness (QED) is 0.681. The second kappa shape index (κ2) is 3.06. The van der Waals surface area contributed by atoms with Crippen LogP contribution < -0.4 is 0 Å². The highest BCUT2D eigenvalue weighted by Crippen LogP contribution is 2.42. The van der Waals surface area contributed by atoms with Crippen LogP contribution in [0.25, 0.3) is 0 Å². The summed E-state index contributed by atoms with van der Waals surface area (Å²) in [5.41, 5.74) is 3.56. The van der Waals surface area contributed by atoms with Crippen LogP contribution in [0.1, 0.15) is 37.6 Å². The van der Waals surface area contributed by atoms with Gasteiger partial charge >= 0.3 is 0 Å². The minimum Gasteiger partial charge on any atom is -0.364 e. The molecule has 0 aromatic carbocycles. The van der Waals surface area contributed by atoms with E-state index in [0.29, 0.717) is 12.5 Å². The van der Waals surface area contributed by atoms with E-state index in [9.17, 15) is 0 Å². The van der Waals surface area contributed by atoms with Crippen LogP contribution in [0.2, 0.25) is 0 Å². The number of hydrogen-bond donors (Lipinski definition) is 0. The third-order valence-corrected chi connectivity index (χ3v) is 3.34. The van der Waals surface area contributed by atoms with Gasteiger partial charge in [-0.05, 0) is 31.4 Å². The summed E-state index contributed by atoms with van der Waals surface area (Å²) in [7, 11) is 0. The maximum atomic E-state index is 5.89. The predicted octanol–water partition coefficient (Wildman–Crippen LogP) is 2.79. The first kappa shape index (κ1) is 9.66. The lowest BCUT2D eigenvalue weighted by Gasteiger charge is -2.30. The van der Waals surface area contributed by atoms with Crippen LogP contribution in [0.5, 0.6) is 0 Å². The molecule has 0 saturated heterocycles. The Balaban J connectivity index is 2.58. The zero-order chi connectivity index (χ0) is 10.3. The van der Waals surface area contributed by atoms with E-state index in [4.69, 9.17) is 4.74 Å². The van der Waals surface area contributed by atoms with Crippen molar-refractivity contribution >= 4 is 0 Å². The summed E-state index contributed by atoms with van der Waals surface area (Å²) in [6.45, 7) is 9.35. The Kier molecular flexibility index (Phi) is 2.11. The first-order valence-electron chi connectivity index (χ1n) is 5.14. The first-order valence-corrected chi connectivity index (χ1v) is 5.14. The molecular formula is C12H17NO. The van der Waals surface area contributed by atoms with Gasteiger partial charge in [0.25, 0.3) is 0 Å². The fraction of sp³-hybridized carbons (Fsp3) is 0.583. The topological polar surface area (TPSA) is 22.1 Å². The van der Waals surface area contributed by atoms with Gasteiger partial charge in [-0.25, -0.2) is 0 Å². The molecule has 0 radical (unpaired) electrons. The van der Waals surface area contributed by atoms with Crippen LogP contribution in [0, 0.1) is 12.8 Å². The molecule has 14 heavy (non-hydrogen) atoms. The van der Waals surface area contributed by atoms with Gasteiger partial charge in [-0.15, -0.1) is 0 Å². The molecule has 2 heterocycles. The van der Waals surface area contributed by atoms with Gasteiger partial charge in [-0.2, -0.15) is 0 Å². The van der Waals surface area contributed by atoms with Crippen LogP contribution in [0.3, 0.4) is 0 Å². The van der Waals surface area contributed by atoms with E-state index in [1.165, 1.54) is 11.1 Å². The molecule has 1 aromatic heterocycles. The van der Waals surface area contributed by atoms with Gasteiger partial charge in [-0.1, -0.05) is 13.8 Å². The van der Waals surface area contributed by atoms with Crippen LogP contribution in [0.15, 0.2) is 12.3 Å². The highest BCUT2D eigenvalue weighted by atomic mass is 16.5. The van der Waals surface area contributed by atoms with Crippen LogP contribution in [0.4, 0.5) is 0 Å². The predicted molar refractivity (Wildman–Crippen MR) is 56.0 cm³/mol. The molecule has 2 nitrogen and oxygen atoms in total. The lowest BCUT2D eigenvalue weighted by Crippen LogP contribution is -2.28. The Morgan fingerprint density at radius 2 is 2.21 bits per heavy atom. The Labute approximate surface area is 85.3 Å². The van der Waals surface area contributed by atoms with E-state index in [-0.39, 0.29) is 5.60 Å². The van der Waals surface area contributed by atoms with Gasteiger partial charge in [0.05, 0.1) is 17.9 Å². The number of ether oxygens (including phenoxy) is 1.